The first-order chi connectivity index (χ1) is 8.49. The van der Waals surface area contributed by atoms with Gasteiger partial charge in [0.15, 0.2) is 0 Å². The van der Waals surface area contributed by atoms with Gasteiger partial charge in [-0.3, -0.25) is 0 Å². The van der Waals surface area contributed by atoms with E-state index in [2.05, 4.69) is 0 Å². The van der Waals surface area contributed by atoms with Gasteiger partial charge in [-0.1, -0.05) is 0 Å². The smallest absolute Gasteiger partial charge is 0.343 e. The van der Waals surface area contributed by atoms with Gasteiger partial charge in [0.1, 0.15) is 17.1 Å². The lowest BCUT2D eigenvalue weighted by Crippen LogP contribution is -2.10. The van der Waals surface area contributed by atoms with Crippen molar-refractivity contribution in [1.82, 2.24) is 0 Å². The van der Waals surface area contributed by atoms with Crippen molar-refractivity contribution >= 4 is 18.0 Å². The molecule has 0 saturated carbocycles. The molecular weight excluding hydrogens is 240 g/mol. The van der Waals surface area contributed by atoms with E-state index in [1.165, 1.54) is 26.4 Å². The van der Waals surface area contributed by atoms with Crippen molar-refractivity contribution in [3.05, 3.63) is 29.3 Å². The van der Waals surface area contributed by atoms with Gasteiger partial charge in [-0.2, -0.15) is 0 Å². The molecule has 0 bridgehead atoms. The minimum absolute atomic E-state index is 0.328. The van der Waals surface area contributed by atoms with Gasteiger partial charge in [0.2, 0.25) is 0 Å². The highest BCUT2D eigenvalue weighted by Crippen LogP contribution is 2.26. The average molecular weight is 252 g/mol. The zero-order valence-corrected chi connectivity index (χ0v) is 9.84. The molecule has 96 valence electrons. The Hall–Kier alpha value is -2.50. The normalized spacial score (nSPS) is 9.44. The van der Waals surface area contributed by atoms with Crippen LogP contribution >= 0.6 is 0 Å². The first-order valence-corrected chi connectivity index (χ1v) is 4.90. The van der Waals surface area contributed by atoms with Crippen LogP contribution in [0.1, 0.15) is 5.56 Å². The molecule has 0 saturated heterocycles. The van der Waals surface area contributed by atoms with E-state index in [4.69, 9.17) is 19.7 Å². The number of methoxy groups -OCH3 is 2. The number of carbonyl (C=O) groups is 2. The van der Waals surface area contributed by atoms with Crippen LogP contribution in [0.2, 0.25) is 0 Å². The quantitative estimate of drug-likeness (QED) is 0.465. The van der Waals surface area contributed by atoms with Crippen LogP contribution in [0.3, 0.4) is 0 Å². The molecule has 0 amide bonds. The third-order valence-corrected chi connectivity index (χ3v) is 2.20. The van der Waals surface area contributed by atoms with Crippen molar-refractivity contribution in [1.29, 1.82) is 0 Å². The molecule has 1 rings (SSSR count). The number of carboxylic acids is 2. The Morgan fingerprint density at radius 2 is 1.72 bits per heavy atom. The third kappa shape index (κ3) is 3.00. The van der Waals surface area contributed by atoms with Crippen molar-refractivity contribution in [3.63, 3.8) is 0 Å². The summed E-state index contributed by atoms with van der Waals surface area (Å²) in [7, 11) is 2.87. The van der Waals surface area contributed by atoms with Crippen LogP contribution in [0.5, 0.6) is 11.5 Å². The lowest BCUT2D eigenvalue weighted by atomic mass is 10.1. The number of hydrogen-bond donors (Lipinski definition) is 2. The van der Waals surface area contributed by atoms with Crippen LogP contribution in [0.4, 0.5) is 0 Å². The summed E-state index contributed by atoms with van der Waals surface area (Å²) in [6.07, 6.45) is 1.03. The minimum atomic E-state index is -1.51. The van der Waals surface area contributed by atoms with Crippen LogP contribution in [-0.4, -0.2) is 36.4 Å². The molecule has 0 radical (unpaired) electrons. The van der Waals surface area contributed by atoms with E-state index in [1.54, 1.807) is 6.07 Å². The summed E-state index contributed by atoms with van der Waals surface area (Å²) in [6.45, 7) is 0. The molecule has 0 aliphatic carbocycles. The van der Waals surface area contributed by atoms with E-state index in [1.807, 2.05) is 0 Å². The Morgan fingerprint density at radius 1 is 1.11 bits per heavy atom. The molecule has 0 aliphatic heterocycles. The van der Waals surface area contributed by atoms with E-state index in [-0.39, 0.29) is 0 Å². The Bertz CT molecular complexity index is 487. The van der Waals surface area contributed by atoms with E-state index >= 15 is 0 Å². The van der Waals surface area contributed by atoms with Gasteiger partial charge >= 0.3 is 11.9 Å². The molecular formula is C12H12O6. The second-order valence-electron chi connectivity index (χ2n) is 3.28. The number of carboxylic acid groups (broad SMARTS) is 2. The van der Waals surface area contributed by atoms with Crippen LogP contribution < -0.4 is 9.47 Å². The van der Waals surface area contributed by atoms with Gasteiger partial charge in [-0.15, -0.1) is 0 Å². The monoisotopic (exact) mass is 252 g/mol. The van der Waals surface area contributed by atoms with Gasteiger partial charge < -0.3 is 19.7 Å². The van der Waals surface area contributed by atoms with E-state index < -0.39 is 17.5 Å². The summed E-state index contributed by atoms with van der Waals surface area (Å²) < 4.78 is 10.0. The molecule has 0 atom stereocenters. The van der Waals surface area contributed by atoms with E-state index in [9.17, 15) is 9.59 Å². The number of rotatable bonds is 5. The topological polar surface area (TPSA) is 93.1 Å². The van der Waals surface area contributed by atoms with E-state index in [0.717, 1.165) is 6.08 Å². The molecule has 6 nitrogen and oxygen atoms in total. The molecule has 1 aromatic carbocycles. The fraction of sp³-hybridized carbons (Fsp3) is 0.167. The molecule has 0 fully saturated rings. The molecule has 6 heteroatoms. The van der Waals surface area contributed by atoms with Crippen molar-refractivity contribution in [3.8, 4) is 11.5 Å². The predicted molar refractivity (Wildman–Crippen MR) is 62.8 cm³/mol. The molecule has 0 aromatic heterocycles. The number of aliphatic carboxylic acids is 2. The summed E-state index contributed by atoms with van der Waals surface area (Å²) >= 11 is 0. The zero-order valence-electron chi connectivity index (χ0n) is 9.84. The Kier molecular flexibility index (Phi) is 4.31. The lowest BCUT2D eigenvalue weighted by molar-refractivity contribution is -0.139. The molecule has 2 N–H and O–H groups in total. The van der Waals surface area contributed by atoms with Crippen LogP contribution in [-0.2, 0) is 9.59 Å². The molecule has 0 aliphatic rings. The summed E-state index contributed by atoms with van der Waals surface area (Å²) in [5.74, 6) is -2.17. The van der Waals surface area contributed by atoms with Crippen molar-refractivity contribution in [2.75, 3.05) is 14.2 Å². The standard InChI is InChI=1S/C12H12O6/c1-17-8-4-3-7(10(6-8)18-2)5-9(11(13)14)12(15)16/h3-6H,1-2H3,(H,13,14)(H,15,16). The number of benzene rings is 1. The highest BCUT2D eigenvalue weighted by atomic mass is 16.5. The van der Waals surface area contributed by atoms with Crippen LogP contribution in [0, 0.1) is 0 Å². The van der Waals surface area contributed by atoms with Crippen LogP contribution in [0.15, 0.2) is 23.8 Å². The Balaban J connectivity index is 3.28. The average Bonchev–Trinajstić information content (AvgIpc) is 2.34. The molecule has 0 spiro atoms. The maximum Gasteiger partial charge on any atom is 0.343 e. The van der Waals surface area contributed by atoms with Gasteiger partial charge in [0.05, 0.1) is 14.2 Å². The first kappa shape index (κ1) is 13.6. The van der Waals surface area contributed by atoms with Crippen LogP contribution in [0.25, 0.3) is 6.08 Å². The summed E-state index contributed by atoms with van der Waals surface area (Å²) in [5, 5.41) is 17.5. The third-order valence-electron chi connectivity index (χ3n) is 2.20. The van der Waals surface area contributed by atoms with Gasteiger partial charge in [0, 0.05) is 11.6 Å². The van der Waals surface area contributed by atoms with Gasteiger partial charge in [-0.05, 0) is 18.2 Å². The fourth-order valence-corrected chi connectivity index (χ4v) is 1.31. The highest BCUT2D eigenvalue weighted by Gasteiger charge is 2.17. The molecule has 18 heavy (non-hydrogen) atoms. The molecule has 1 aromatic rings. The maximum absolute atomic E-state index is 10.8. The van der Waals surface area contributed by atoms with E-state index in [0.29, 0.717) is 17.1 Å². The molecule has 0 heterocycles. The second kappa shape index (κ2) is 5.72. The highest BCUT2D eigenvalue weighted by molar-refractivity contribution is 6.16. The summed E-state index contributed by atoms with van der Waals surface area (Å²) in [5.41, 5.74) is -0.392. The van der Waals surface area contributed by atoms with Crippen molar-refractivity contribution in [2.45, 2.75) is 0 Å². The lowest BCUT2D eigenvalue weighted by Gasteiger charge is -2.07. The predicted octanol–water partition coefficient (Wildman–Crippen LogP) is 1.26. The number of ether oxygens (including phenoxy) is 2. The SMILES string of the molecule is COc1ccc(C=C(C(=O)O)C(=O)O)c(OC)c1. The number of hydrogen-bond acceptors (Lipinski definition) is 4. The minimum Gasteiger partial charge on any atom is -0.497 e. The maximum atomic E-state index is 10.8. The van der Waals surface area contributed by atoms with Gasteiger partial charge in [0.25, 0.3) is 0 Å². The largest absolute Gasteiger partial charge is 0.497 e. The zero-order chi connectivity index (χ0) is 13.7. The first-order valence-electron chi connectivity index (χ1n) is 4.90. The Morgan fingerprint density at radius 3 is 2.17 bits per heavy atom. The molecule has 0 unspecified atom stereocenters. The fourth-order valence-electron chi connectivity index (χ4n) is 1.31. The van der Waals surface area contributed by atoms with Gasteiger partial charge in [-0.25, -0.2) is 9.59 Å². The van der Waals surface area contributed by atoms with Crippen molar-refractivity contribution in [2.24, 2.45) is 0 Å². The second-order valence-corrected chi connectivity index (χ2v) is 3.28. The summed E-state index contributed by atoms with van der Waals surface area (Å²) in [6, 6.07) is 4.63. The summed E-state index contributed by atoms with van der Waals surface area (Å²) in [4.78, 5) is 21.5. The van der Waals surface area contributed by atoms with Crippen molar-refractivity contribution < 1.29 is 29.3 Å². The Labute approximate surface area is 103 Å².